The molecule has 1 amide bonds. The van der Waals surface area contributed by atoms with Gasteiger partial charge in [-0.3, -0.25) is 4.79 Å². The molecule has 0 bridgehead atoms. The van der Waals surface area contributed by atoms with Crippen LogP contribution in [0.2, 0.25) is 0 Å². The average Bonchev–Trinajstić information content (AvgIpc) is 2.88. The molecule has 2 nitrogen and oxygen atoms in total. The third-order valence-corrected chi connectivity index (χ3v) is 3.89. The molecule has 0 radical (unpaired) electrons. The second-order valence-corrected chi connectivity index (χ2v) is 5.57. The Morgan fingerprint density at radius 1 is 0.905 bits per heavy atom. The van der Waals surface area contributed by atoms with Gasteiger partial charge in [0.05, 0.1) is 6.42 Å². The van der Waals surface area contributed by atoms with Gasteiger partial charge >= 0.3 is 0 Å². The van der Waals surface area contributed by atoms with Gasteiger partial charge < -0.3 is 5.32 Å². The molecular formula is C19H19NO. The topological polar surface area (TPSA) is 29.1 Å². The summed E-state index contributed by atoms with van der Waals surface area (Å²) in [5.41, 5.74) is 6.48. The standard InChI is InChI=1S/C11H12.C8H7NO/c1-9-6-7-10-4-2-3-5-11(10)8-9;10-8-5-6-3-1-2-4-7(6)9-8/h2-5,8H,6-7H2,1H3;1-4H,5H2,(H,9,10). The largest absolute Gasteiger partial charge is 0.326 e. The number of carbonyl (C=O) groups excluding carboxylic acids is 1. The van der Waals surface area contributed by atoms with E-state index in [4.69, 9.17) is 0 Å². The maximum Gasteiger partial charge on any atom is 0.228 e. The molecule has 0 atom stereocenters. The van der Waals surface area contributed by atoms with Crippen molar-refractivity contribution in [1.29, 1.82) is 0 Å². The van der Waals surface area contributed by atoms with Crippen molar-refractivity contribution in [2.45, 2.75) is 26.2 Å². The molecule has 1 aliphatic heterocycles. The number of amides is 1. The third-order valence-electron chi connectivity index (χ3n) is 3.89. The summed E-state index contributed by atoms with van der Waals surface area (Å²) >= 11 is 0. The Labute approximate surface area is 125 Å². The smallest absolute Gasteiger partial charge is 0.228 e. The van der Waals surface area contributed by atoms with Gasteiger partial charge in [0.15, 0.2) is 0 Å². The molecule has 2 aromatic rings. The second kappa shape index (κ2) is 5.96. The van der Waals surface area contributed by atoms with Crippen LogP contribution in [0.1, 0.15) is 30.0 Å². The Hall–Kier alpha value is -2.35. The fourth-order valence-corrected chi connectivity index (χ4v) is 2.74. The number of fused-ring (bicyclic) bond motifs is 2. The maximum absolute atomic E-state index is 10.8. The molecule has 0 fully saturated rings. The first-order valence-electron chi connectivity index (χ1n) is 7.35. The quantitative estimate of drug-likeness (QED) is 0.767. The number of hydrogen-bond acceptors (Lipinski definition) is 1. The van der Waals surface area contributed by atoms with Crippen molar-refractivity contribution in [3.05, 3.63) is 70.8 Å². The summed E-state index contributed by atoms with van der Waals surface area (Å²) < 4.78 is 0. The van der Waals surface area contributed by atoms with Gasteiger partial charge in [0.2, 0.25) is 5.91 Å². The minimum absolute atomic E-state index is 0.0983. The van der Waals surface area contributed by atoms with Crippen LogP contribution in [0.5, 0.6) is 0 Å². The van der Waals surface area contributed by atoms with Crippen LogP contribution >= 0.6 is 0 Å². The van der Waals surface area contributed by atoms with E-state index in [1.54, 1.807) is 0 Å². The Bertz CT molecular complexity index is 673. The lowest BCUT2D eigenvalue weighted by atomic mass is 9.93. The normalized spacial score (nSPS) is 15.1. The van der Waals surface area contributed by atoms with Gasteiger partial charge in [0, 0.05) is 5.69 Å². The summed E-state index contributed by atoms with van der Waals surface area (Å²) in [6.07, 6.45) is 5.28. The molecule has 2 aromatic carbocycles. The van der Waals surface area contributed by atoms with Gasteiger partial charge in [0.1, 0.15) is 0 Å². The van der Waals surface area contributed by atoms with Crippen molar-refractivity contribution in [2.75, 3.05) is 5.32 Å². The minimum atomic E-state index is 0.0983. The fourth-order valence-electron chi connectivity index (χ4n) is 2.74. The maximum atomic E-state index is 10.8. The first kappa shape index (κ1) is 13.6. The zero-order valence-corrected chi connectivity index (χ0v) is 12.2. The van der Waals surface area contributed by atoms with Gasteiger partial charge in [-0.15, -0.1) is 0 Å². The van der Waals surface area contributed by atoms with E-state index in [1.807, 2.05) is 24.3 Å². The molecule has 0 aromatic heterocycles. The number of hydrogen-bond donors (Lipinski definition) is 1. The molecule has 21 heavy (non-hydrogen) atoms. The lowest BCUT2D eigenvalue weighted by Crippen LogP contribution is -2.03. The lowest BCUT2D eigenvalue weighted by Gasteiger charge is -2.12. The molecule has 4 rings (SSSR count). The molecule has 2 aliphatic rings. The molecule has 1 aliphatic carbocycles. The highest BCUT2D eigenvalue weighted by molar-refractivity contribution is 5.98. The number of benzene rings is 2. The summed E-state index contributed by atoms with van der Waals surface area (Å²) in [6, 6.07) is 16.4. The van der Waals surface area contributed by atoms with E-state index in [9.17, 15) is 4.79 Å². The van der Waals surface area contributed by atoms with Crippen LogP contribution in [-0.2, 0) is 17.6 Å². The van der Waals surface area contributed by atoms with Crippen LogP contribution in [0, 0.1) is 0 Å². The van der Waals surface area contributed by atoms with Gasteiger partial charge in [-0.05, 0) is 42.5 Å². The number of allylic oxidation sites excluding steroid dienone is 1. The van der Waals surface area contributed by atoms with E-state index in [2.05, 4.69) is 42.6 Å². The monoisotopic (exact) mass is 277 g/mol. The predicted octanol–water partition coefficient (Wildman–Crippen LogP) is 4.22. The van der Waals surface area contributed by atoms with Gasteiger partial charge in [0.25, 0.3) is 0 Å². The van der Waals surface area contributed by atoms with Crippen LogP contribution in [-0.4, -0.2) is 5.91 Å². The molecule has 0 unspecified atom stereocenters. The first-order valence-corrected chi connectivity index (χ1v) is 7.35. The van der Waals surface area contributed by atoms with Gasteiger partial charge in [-0.25, -0.2) is 0 Å². The Kier molecular flexibility index (Phi) is 3.87. The van der Waals surface area contributed by atoms with E-state index in [-0.39, 0.29) is 5.91 Å². The van der Waals surface area contributed by atoms with Crippen molar-refractivity contribution >= 4 is 17.7 Å². The van der Waals surface area contributed by atoms with Crippen molar-refractivity contribution in [3.8, 4) is 0 Å². The van der Waals surface area contributed by atoms with Gasteiger partial charge in [-0.1, -0.05) is 54.1 Å². The highest BCUT2D eigenvalue weighted by atomic mass is 16.1. The van der Waals surface area contributed by atoms with Crippen LogP contribution < -0.4 is 5.32 Å². The molecular weight excluding hydrogens is 258 g/mol. The van der Waals surface area contributed by atoms with E-state index < -0.39 is 0 Å². The summed E-state index contributed by atoms with van der Waals surface area (Å²) in [5.74, 6) is 0.0983. The number of carbonyl (C=O) groups is 1. The summed E-state index contributed by atoms with van der Waals surface area (Å²) in [4.78, 5) is 10.8. The molecule has 0 saturated carbocycles. The summed E-state index contributed by atoms with van der Waals surface area (Å²) in [5, 5.41) is 2.76. The molecule has 1 heterocycles. The van der Waals surface area contributed by atoms with Crippen LogP contribution in [0.25, 0.3) is 6.08 Å². The summed E-state index contributed by atoms with van der Waals surface area (Å²) in [7, 11) is 0. The second-order valence-electron chi connectivity index (χ2n) is 5.57. The number of nitrogens with one attached hydrogen (secondary N) is 1. The van der Waals surface area contributed by atoms with Crippen LogP contribution in [0.4, 0.5) is 5.69 Å². The predicted molar refractivity (Wildman–Crippen MR) is 87.2 cm³/mol. The van der Waals surface area contributed by atoms with Gasteiger partial charge in [-0.2, -0.15) is 0 Å². The molecule has 106 valence electrons. The van der Waals surface area contributed by atoms with Crippen molar-refractivity contribution in [2.24, 2.45) is 0 Å². The number of aryl methyl sites for hydroxylation is 1. The average molecular weight is 277 g/mol. The van der Waals surface area contributed by atoms with Crippen molar-refractivity contribution in [1.82, 2.24) is 0 Å². The highest BCUT2D eigenvalue weighted by Gasteiger charge is 2.15. The van der Waals surface area contributed by atoms with E-state index in [0.29, 0.717) is 6.42 Å². The van der Waals surface area contributed by atoms with E-state index >= 15 is 0 Å². The Balaban J connectivity index is 0.000000126. The molecule has 0 spiro atoms. The highest BCUT2D eigenvalue weighted by Crippen LogP contribution is 2.22. The SMILES string of the molecule is CC1=Cc2ccccc2CC1.O=C1Cc2ccccc2N1. The molecule has 0 saturated heterocycles. The first-order chi connectivity index (χ1) is 10.2. The van der Waals surface area contributed by atoms with Crippen molar-refractivity contribution in [3.63, 3.8) is 0 Å². The van der Waals surface area contributed by atoms with Crippen molar-refractivity contribution < 1.29 is 4.79 Å². The number of rotatable bonds is 0. The van der Waals surface area contributed by atoms with Crippen LogP contribution in [0.15, 0.2) is 54.1 Å². The third kappa shape index (κ3) is 3.22. The Morgan fingerprint density at radius 2 is 1.62 bits per heavy atom. The summed E-state index contributed by atoms with van der Waals surface area (Å²) in [6.45, 7) is 2.20. The van der Waals surface area contributed by atoms with Crippen LogP contribution in [0.3, 0.4) is 0 Å². The zero-order valence-electron chi connectivity index (χ0n) is 12.2. The number of anilines is 1. The zero-order chi connectivity index (χ0) is 14.7. The minimum Gasteiger partial charge on any atom is -0.326 e. The Morgan fingerprint density at radius 3 is 2.43 bits per heavy atom. The van der Waals surface area contributed by atoms with E-state index in [1.165, 1.54) is 29.5 Å². The fraction of sp³-hybridized carbons (Fsp3) is 0.211. The molecule has 1 N–H and O–H groups in total. The number of para-hydroxylation sites is 1. The molecule has 2 heteroatoms. The van der Waals surface area contributed by atoms with E-state index in [0.717, 1.165) is 11.3 Å². The lowest BCUT2D eigenvalue weighted by molar-refractivity contribution is -0.115.